The lowest BCUT2D eigenvalue weighted by atomic mass is 9.79. The molecular formula is C27H38N2O2. The van der Waals surface area contributed by atoms with E-state index < -0.39 is 0 Å². The van der Waals surface area contributed by atoms with Gasteiger partial charge in [-0.25, -0.2) is 0 Å². The maximum Gasteiger partial charge on any atom is 0.151 e. The van der Waals surface area contributed by atoms with E-state index in [2.05, 4.69) is 35.4 Å². The third-order valence-electron chi connectivity index (χ3n) is 6.61. The molecule has 1 spiro atoms. The van der Waals surface area contributed by atoms with Gasteiger partial charge in [0.15, 0.2) is 6.29 Å². The van der Waals surface area contributed by atoms with Crippen molar-refractivity contribution >= 4 is 6.29 Å². The molecule has 2 saturated carbocycles. The number of hydrogen-bond donors (Lipinski definition) is 1. The van der Waals surface area contributed by atoms with Gasteiger partial charge in [-0.2, -0.15) is 0 Å². The number of carbonyl (C=O) groups excluding carboxylic acids is 1. The van der Waals surface area contributed by atoms with Crippen molar-refractivity contribution in [3.8, 4) is 17.0 Å². The maximum absolute atomic E-state index is 10.7. The van der Waals surface area contributed by atoms with Crippen LogP contribution in [-0.2, 0) is 6.42 Å². The summed E-state index contributed by atoms with van der Waals surface area (Å²) >= 11 is 0. The first-order valence-electron chi connectivity index (χ1n) is 11.9. The van der Waals surface area contributed by atoms with E-state index in [1.807, 2.05) is 26.2 Å². The molecule has 4 heteroatoms. The summed E-state index contributed by atoms with van der Waals surface area (Å²) < 4.78 is 6.42. The molecule has 3 aliphatic rings. The Labute approximate surface area is 187 Å². The Balaban J connectivity index is 0.000000290. The largest absolute Gasteiger partial charge is 0.487 e. The van der Waals surface area contributed by atoms with Gasteiger partial charge in [0.2, 0.25) is 0 Å². The highest BCUT2D eigenvalue weighted by Gasteiger charge is 2.37. The van der Waals surface area contributed by atoms with Crippen LogP contribution in [0.5, 0.6) is 5.75 Å². The van der Waals surface area contributed by atoms with Crippen molar-refractivity contribution in [1.82, 2.24) is 10.3 Å². The summed E-state index contributed by atoms with van der Waals surface area (Å²) in [5.74, 6) is 2.11. The molecule has 2 aliphatic carbocycles. The van der Waals surface area contributed by atoms with E-state index in [4.69, 9.17) is 4.74 Å². The Morgan fingerprint density at radius 2 is 1.74 bits per heavy atom. The molecule has 168 valence electrons. The van der Waals surface area contributed by atoms with Crippen molar-refractivity contribution in [1.29, 1.82) is 0 Å². The molecule has 1 N–H and O–H groups in total. The second-order valence-corrected chi connectivity index (χ2v) is 9.30. The van der Waals surface area contributed by atoms with Crippen LogP contribution >= 0.6 is 0 Å². The van der Waals surface area contributed by atoms with Crippen molar-refractivity contribution in [3.05, 3.63) is 47.7 Å². The minimum absolute atomic E-state index is 0.0939. The van der Waals surface area contributed by atoms with Crippen LogP contribution in [0.25, 0.3) is 11.3 Å². The van der Waals surface area contributed by atoms with Crippen LogP contribution in [0.15, 0.2) is 36.5 Å². The van der Waals surface area contributed by atoms with E-state index >= 15 is 0 Å². The molecule has 1 aliphatic heterocycles. The van der Waals surface area contributed by atoms with Gasteiger partial charge in [-0.05, 0) is 94.4 Å². The summed E-state index contributed by atoms with van der Waals surface area (Å²) in [5.41, 5.74) is 3.96. The summed E-state index contributed by atoms with van der Waals surface area (Å²) in [7, 11) is 3.75. The molecule has 5 rings (SSSR count). The number of fused-ring (bicyclic) bond motifs is 1. The first-order chi connectivity index (χ1) is 15.1. The van der Waals surface area contributed by atoms with Crippen molar-refractivity contribution in [3.63, 3.8) is 0 Å². The van der Waals surface area contributed by atoms with E-state index in [9.17, 15) is 4.79 Å². The predicted octanol–water partition coefficient (Wildman–Crippen LogP) is 6.23. The average molecular weight is 423 g/mol. The number of hydrogen-bond acceptors (Lipinski definition) is 4. The number of rotatable bonds is 2. The van der Waals surface area contributed by atoms with E-state index in [-0.39, 0.29) is 5.60 Å². The minimum atomic E-state index is 0.0939. The number of benzene rings is 1. The molecule has 0 unspecified atom stereocenters. The molecule has 0 bridgehead atoms. The third kappa shape index (κ3) is 6.39. The SMILES string of the molecule is CC1CCC1.CNC.O=Cc1ccc(-c2ccc3c(c2)CCC2(CCCCC2)O3)nc1. The fraction of sp³-hybridized carbons (Fsp3) is 0.556. The molecule has 0 saturated heterocycles. The zero-order valence-electron chi connectivity index (χ0n) is 19.5. The highest BCUT2D eigenvalue weighted by atomic mass is 16.5. The van der Waals surface area contributed by atoms with Crippen molar-refractivity contribution in [2.45, 2.75) is 76.7 Å². The average Bonchev–Trinajstić information content (AvgIpc) is 2.79. The molecule has 2 heterocycles. The summed E-state index contributed by atoms with van der Waals surface area (Å²) in [6.45, 7) is 2.31. The van der Waals surface area contributed by atoms with Crippen molar-refractivity contribution < 1.29 is 9.53 Å². The Morgan fingerprint density at radius 3 is 2.29 bits per heavy atom. The van der Waals surface area contributed by atoms with Gasteiger partial charge < -0.3 is 10.1 Å². The third-order valence-corrected chi connectivity index (χ3v) is 6.61. The highest BCUT2D eigenvalue weighted by Crippen LogP contribution is 2.42. The number of nitrogens with one attached hydrogen (secondary N) is 1. The van der Waals surface area contributed by atoms with Gasteiger partial charge in [-0.3, -0.25) is 9.78 Å². The summed E-state index contributed by atoms with van der Waals surface area (Å²) in [6, 6.07) is 10.1. The molecule has 0 amide bonds. The Bertz CT molecular complexity index is 822. The lowest BCUT2D eigenvalue weighted by Gasteiger charge is -2.41. The molecule has 2 aromatic rings. The summed E-state index contributed by atoms with van der Waals surface area (Å²) in [5, 5.41) is 2.75. The molecule has 4 nitrogen and oxygen atoms in total. The second-order valence-electron chi connectivity index (χ2n) is 9.30. The second kappa shape index (κ2) is 11.4. The zero-order chi connectivity index (χ0) is 22.1. The minimum Gasteiger partial charge on any atom is -0.487 e. The monoisotopic (exact) mass is 422 g/mol. The van der Waals surface area contributed by atoms with Crippen molar-refractivity contribution in [2.24, 2.45) is 5.92 Å². The van der Waals surface area contributed by atoms with Gasteiger partial charge in [-0.15, -0.1) is 0 Å². The van der Waals surface area contributed by atoms with Gasteiger partial charge >= 0.3 is 0 Å². The smallest absolute Gasteiger partial charge is 0.151 e. The normalized spacial score (nSPS) is 18.8. The quantitative estimate of drug-likeness (QED) is 0.583. The van der Waals surface area contributed by atoms with E-state index in [0.717, 1.165) is 42.1 Å². The molecule has 2 fully saturated rings. The Hall–Kier alpha value is -2.20. The summed E-state index contributed by atoms with van der Waals surface area (Å²) in [4.78, 5) is 15.1. The number of aromatic nitrogens is 1. The molecule has 0 radical (unpaired) electrons. The molecule has 31 heavy (non-hydrogen) atoms. The van der Waals surface area contributed by atoms with Crippen LogP contribution in [-0.4, -0.2) is 31.0 Å². The van der Waals surface area contributed by atoms with E-state index in [0.29, 0.717) is 5.56 Å². The van der Waals surface area contributed by atoms with Crippen LogP contribution in [0.2, 0.25) is 0 Å². The van der Waals surface area contributed by atoms with Crippen LogP contribution in [0.4, 0.5) is 0 Å². The number of pyridine rings is 1. The molecule has 0 atom stereocenters. The van der Waals surface area contributed by atoms with Gasteiger partial charge in [0.25, 0.3) is 0 Å². The van der Waals surface area contributed by atoms with Crippen LogP contribution in [0.3, 0.4) is 0 Å². The maximum atomic E-state index is 10.7. The van der Waals surface area contributed by atoms with Crippen molar-refractivity contribution in [2.75, 3.05) is 14.1 Å². The number of ether oxygens (including phenoxy) is 1. The van der Waals surface area contributed by atoms with Crippen LogP contribution in [0.1, 0.15) is 80.6 Å². The fourth-order valence-corrected chi connectivity index (χ4v) is 4.49. The highest BCUT2D eigenvalue weighted by molar-refractivity contribution is 5.75. The number of aryl methyl sites for hydroxylation is 1. The number of carbonyl (C=O) groups is 1. The molecule has 1 aromatic carbocycles. The van der Waals surface area contributed by atoms with E-state index in [1.165, 1.54) is 56.9 Å². The lowest BCUT2D eigenvalue weighted by Crippen LogP contribution is -2.41. The van der Waals surface area contributed by atoms with Crippen LogP contribution < -0.4 is 10.1 Å². The van der Waals surface area contributed by atoms with Gasteiger partial charge in [0, 0.05) is 17.3 Å². The van der Waals surface area contributed by atoms with Gasteiger partial charge in [-0.1, -0.05) is 32.6 Å². The van der Waals surface area contributed by atoms with Gasteiger partial charge in [0.1, 0.15) is 11.4 Å². The topological polar surface area (TPSA) is 51.2 Å². The first-order valence-corrected chi connectivity index (χ1v) is 11.9. The van der Waals surface area contributed by atoms with E-state index in [1.54, 1.807) is 6.20 Å². The zero-order valence-corrected chi connectivity index (χ0v) is 19.5. The Morgan fingerprint density at radius 1 is 1.03 bits per heavy atom. The summed E-state index contributed by atoms with van der Waals surface area (Å²) in [6.07, 6.45) is 15.4. The number of aldehydes is 1. The molecule has 1 aromatic heterocycles. The first kappa shape index (κ1) is 23.5. The predicted molar refractivity (Wildman–Crippen MR) is 128 cm³/mol. The Kier molecular flexibility index (Phi) is 8.65. The standard InChI is InChI=1S/C20H21NO2.C5H10.C2H7N/c22-14-15-4-6-18(21-13-15)16-5-7-19-17(12-16)8-11-20(23-19)9-2-1-3-10-20;1-5-3-2-4-5;1-3-2/h4-7,12-14H,1-3,8-11H2;5H,2-4H2,1H3;3H,1-2H3. The molecular weight excluding hydrogens is 384 g/mol. The number of nitrogens with zero attached hydrogens (tertiary/aromatic N) is 1. The lowest BCUT2D eigenvalue weighted by molar-refractivity contribution is 0.0108. The van der Waals surface area contributed by atoms with Crippen LogP contribution in [0, 0.1) is 5.92 Å². The fourth-order valence-electron chi connectivity index (χ4n) is 4.49. The van der Waals surface area contributed by atoms with Gasteiger partial charge in [0.05, 0.1) is 5.69 Å².